The number of hydrogen-bond donors (Lipinski definition) is 3. The van der Waals surface area contributed by atoms with Crippen molar-refractivity contribution in [3.8, 4) is 11.5 Å². The standard InChI is InChI=1S/C17H25NO3.ClH/c1-2-21-15-11-12(6-7-14(15)19)16-13-5-3-4-8-17(13,20)9-10-18-16;/h6-7,11,13,16,18-20H,2-5,8-10H2,1H3;1H. The summed E-state index contributed by atoms with van der Waals surface area (Å²) in [4.78, 5) is 0. The monoisotopic (exact) mass is 327 g/mol. The van der Waals surface area contributed by atoms with Gasteiger partial charge in [-0.15, -0.1) is 0 Å². The SMILES string of the molecule is CCOc1cc(C2[NH2+]CCC3(O)CCCCC23)ccc1O.[Cl-]. The molecule has 2 aliphatic rings. The Morgan fingerprint density at radius 3 is 2.91 bits per heavy atom. The van der Waals surface area contributed by atoms with Gasteiger partial charge in [-0.25, -0.2) is 0 Å². The smallest absolute Gasteiger partial charge is 0.161 e. The van der Waals surface area contributed by atoms with Crippen molar-refractivity contribution in [3.05, 3.63) is 23.8 Å². The highest BCUT2D eigenvalue weighted by molar-refractivity contribution is 5.42. The van der Waals surface area contributed by atoms with E-state index in [1.54, 1.807) is 6.07 Å². The highest BCUT2D eigenvalue weighted by atomic mass is 35.5. The van der Waals surface area contributed by atoms with Crippen LogP contribution in [0.1, 0.15) is 50.6 Å². The first-order valence-corrected chi connectivity index (χ1v) is 8.15. The second kappa shape index (κ2) is 7.07. The van der Waals surface area contributed by atoms with E-state index in [2.05, 4.69) is 5.32 Å². The van der Waals surface area contributed by atoms with Crippen molar-refractivity contribution in [1.82, 2.24) is 0 Å². The van der Waals surface area contributed by atoms with E-state index in [-0.39, 0.29) is 24.2 Å². The van der Waals surface area contributed by atoms with E-state index in [0.717, 1.165) is 37.8 Å². The summed E-state index contributed by atoms with van der Waals surface area (Å²) in [5.41, 5.74) is 0.655. The second-order valence-electron chi connectivity index (χ2n) is 6.42. The minimum absolute atomic E-state index is 0. The molecule has 2 fully saturated rings. The summed E-state index contributed by atoms with van der Waals surface area (Å²) >= 11 is 0. The Balaban J connectivity index is 0.00000176. The molecule has 0 amide bonds. The molecule has 4 nitrogen and oxygen atoms in total. The number of halogens is 1. The van der Waals surface area contributed by atoms with Gasteiger partial charge in [-0.05, 0) is 38.0 Å². The summed E-state index contributed by atoms with van der Waals surface area (Å²) in [5.74, 6) is 1.04. The van der Waals surface area contributed by atoms with Gasteiger partial charge >= 0.3 is 0 Å². The number of piperidine rings is 1. The normalized spacial score (nSPS) is 31.0. The lowest BCUT2D eigenvalue weighted by atomic mass is 9.67. The maximum Gasteiger partial charge on any atom is 0.161 e. The Hall–Kier alpha value is -0.970. The van der Waals surface area contributed by atoms with Crippen LogP contribution in [0.3, 0.4) is 0 Å². The summed E-state index contributed by atoms with van der Waals surface area (Å²) in [6, 6.07) is 5.90. The predicted octanol–water partition coefficient (Wildman–Crippen LogP) is -1.28. The van der Waals surface area contributed by atoms with Crippen molar-refractivity contribution in [3.63, 3.8) is 0 Å². The molecule has 0 radical (unpaired) electrons. The fourth-order valence-electron chi connectivity index (χ4n) is 4.13. The van der Waals surface area contributed by atoms with Crippen LogP contribution in [0.4, 0.5) is 0 Å². The van der Waals surface area contributed by atoms with Crippen LogP contribution < -0.4 is 22.5 Å². The third kappa shape index (κ3) is 3.19. The van der Waals surface area contributed by atoms with Crippen LogP contribution in [0.25, 0.3) is 0 Å². The molecule has 0 bridgehead atoms. The Labute approximate surface area is 138 Å². The van der Waals surface area contributed by atoms with Crippen LogP contribution in [0.2, 0.25) is 0 Å². The van der Waals surface area contributed by atoms with E-state index in [9.17, 15) is 10.2 Å². The van der Waals surface area contributed by atoms with Crippen LogP contribution in [0.5, 0.6) is 11.5 Å². The van der Waals surface area contributed by atoms with E-state index in [1.165, 1.54) is 6.42 Å². The molecule has 1 saturated heterocycles. The van der Waals surface area contributed by atoms with Gasteiger partial charge in [0.1, 0.15) is 6.04 Å². The lowest BCUT2D eigenvalue weighted by Crippen LogP contribution is -3.00. The maximum absolute atomic E-state index is 10.9. The average Bonchev–Trinajstić information content (AvgIpc) is 2.48. The van der Waals surface area contributed by atoms with E-state index >= 15 is 0 Å². The highest BCUT2D eigenvalue weighted by Gasteiger charge is 2.48. The van der Waals surface area contributed by atoms with Crippen molar-refractivity contribution in [1.29, 1.82) is 0 Å². The minimum Gasteiger partial charge on any atom is -1.00 e. The van der Waals surface area contributed by atoms with E-state index in [1.807, 2.05) is 19.1 Å². The molecule has 0 aromatic heterocycles. The van der Waals surface area contributed by atoms with Crippen LogP contribution in [0, 0.1) is 5.92 Å². The molecule has 1 aliphatic heterocycles. The van der Waals surface area contributed by atoms with Gasteiger partial charge in [0.25, 0.3) is 0 Å². The quantitative estimate of drug-likeness (QED) is 0.648. The molecule has 3 rings (SSSR count). The third-order valence-corrected chi connectivity index (χ3v) is 5.16. The lowest BCUT2D eigenvalue weighted by Gasteiger charge is -2.46. The zero-order chi connectivity index (χ0) is 14.9. The van der Waals surface area contributed by atoms with Crippen molar-refractivity contribution in [2.24, 2.45) is 5.92 Å². The van der Waals surface area contributed by atoms with E-state index in [4.69, 9.17) is 4.74 Å². The number of benzene rings is 1. The summed E-state index contributed by atoms with van der Waals surface area (Å²) in [6.07, 6.45) is 5.25. The largest absolute Gasteiger partial charge is 1.00 e. The molecule has 0 spiro atoms. The number of fused-ring (bicyclic) bond motifs is 1. The Morgan fingerprint density at radius 2 is 2.14 bits per heavy atom. The molecule has 1 saturated carbocycles. The second-order valence-corrected chi connectivity index (χ2v) is 6.42. The number of quaternary nitrogens is 1. The Morgan fingerprint density at radius 1 is 1.32 bits per heavy atom. The molecule has 4 N–H and O–H groups in total. The fraction of sp³-hybridized carbons (Fsp3) is 0.647. The van der Waals surface area contributed by atoms with Gasteiger partial charge in [0.05, 0.1) is 18.8 Å². The zero-order valence-corrected chi connectivity index (χ0v) is 13.9. The summed E-state index contributed by atoms with van der Waals surface area (Å²) in [5, 5.41) is 23.2. The average molecular weight is 328 g/mol. The van der Waals surface area contributed by atoms with Gasteiger partial charge < -0.3 is 32.7 Å². The molecule has 1 aliphatic carbocycles. The topological polar surface area (TPSA) is 66.3 Å². The number of aliphatic hydroxyl groups is 1. The van der Waals surface area contributed by atoms with Crippen molar-refractivity contribution in [2.45, 2.75) is 50.7 Å². The molecule has 3 atom stereocenters. The van der Waals surface area contributed by atoms with Gasteiger partial charge in [0.15, 0.2) is 11.5 Å². The first-order valence-electron chi connectivity index (χ1n) is 8.15. The molecule has 1 heterocycles. The number of ether oxygens (including phenoxy) is 1. The zero-order valence-electron chi connectivity index (χ0n) is 13.1. The van der Waals surface area contributed by atoms with Crippen molar-refractivity contribution in [2.75, 3.05) is 13.2 Å². The molecule has 22 heavy (non-hydrogen) atoms. The number of aromatic hydroxyl groups is 1. The van der Waals surface area contributed by atoms with Gasteiger partial charge in [0.2, 0.25) is 0 Å². The predicted molar refractivity (Wildman–Crippen MR) is 80.3 cm³/mol. The minimum atomic E-state index is -0.499. The molecule has 124 valence electrons. The van der Waals surface area contributed by atoms with Crippen LogP contribution in [0.15, 0.2) is 18.2 Å². The van der Waals surface area contributed by atoms with Crippen LogP contribution in [-0.2, 0) is 0 Å². The summed E-state index contributed by atoms with van der Waals surface area (Å²) in [7, 11) is 0. The van der Waals surface area contributed by atoms with Gasteiger partial charge in [-0.1, -0.05) is 12.8 Å². The molecule has 1 aromatic carbocycles. The van der Waals surface area contributed by atoms with Gasteiger partial charge in [-0.3, -0.25) is 0 Å². The number of phenols is 1. The van der Waals surface area contributed by atoms with Crippen LogP contribution in [-0.4, -0.2) is 29.0 Å². The molecule has 1 aromatic rings. The summed E-state index contributed by atoms with van der Waals surface area (Å²) < 4.78 is 5.50. The number of nitrogens with two attached hydrogens (primary N) is 1. The lowest BCUT2D eigenvalue weighted by molar-refractivity contribution is -0.719. The number of rotatable bonds is 3. The van der Waals surface area contributed by atoms with Gasteiger partial charge in [0, 0.05) is 17.9 Å². The maximum atomic E-state index is 10.9. The molecular weight excluding hydrogens is 302 g/mol. The first kappa shape index (κ1) is 17.4. The fourth-order valence-corrected chi connectivity index (χ4v) is 4.13. The molecule has 5 heteroatoms. The van der Waals surface area contributed by atoms with Crippen molar-refractivity contribution < 1.29 is 32.7 Å². The number of phenolic OH excluding ortho intramolecular Hbond substituents is 1. The van der Waals surface area contributed by atoms with Gasteiger partial charge in [-0.2, -0.15) is 0 Å². The Bertz CT molecular complexity index is 507. The van der Waals surface area contributed by atoms with E-state index in [0.29, 0.717) is 18.3 Å². The van der Waals surface area contributed by atoms with Crippen molar-refractivity contribution >= 4 is 0 Å². The van der Waals surface area contributed by atoms with Crippen LogP contribution >= 0.6 is 0 Å². The summed E-state index contributed by atoms with van der Waals surface area (Å²) in [6.45, 7) is 3.42. The van der Waals surface area contributed by atoms with E-state index < -0.39 is 5.60 Å². The first-order chi connectivity index (χ1) is 10.1. The highest BCUT2D eigenvalue weighted by Crippen LogP contribution is 2.44. The molecule has 3 unspecified atom stereocenters. The number of hydrogen-bond acceptors (Lipinski definition) is 3. The Kier molecular flexibility index (Phi) is 5.59. The third-order valence-electron chi connectivity index (χ3n) is 5.16. The molecular formula is C17H26ClNO3.